The number of nitrogens with one attached hydrogen (secondary N) is 1. The summed E-state index contributed by atoms with van der Waals surface area (Å²) in [5.41, 5.74) is 11.1. The number of amidine groups is 1. The smallest absolute Gasteiger partial charge is 0.316 e. The lowest BCUT2D eigenvalue weighted by atomic mass is 10.0. The van der Waals surface area contributed by atoms with E-state index in [4.69, 9.17) is 20.2 Å². The van der Waals surface area contributed by atoms with Gasteiger partial charge in [0, 0.05) is 24.0 Å². The molecule has 3 aliphatic heterocycles. The van der Waals surface area contributed by atoms with Gasteiger partial charge in [-0.2, -0.15) is 4.98 Å². The van der Waals surface area contributed by atoms with Crippen LogP contribution in [0.3, 0.4) is 0 Å². The molecular formula is C21H24N6O3. The van der Waals surface area contributed by atoms with Gasteiger partial charge < -0.3 is 25.4 Å². The zero-order valence-electron chi connectivity index (χ0n) is 17.0. The van der Waals surface area contributed by atoms with Crippen LogP contribution in [0.15, 0.2) is 46.1 Å². The van der Waals surface area contributed by atoms with Crippen molar-refractivity contribution >= 4 is 11.7 Å². The van der Waals surface area contributed by atoms with Crippen LogP contribution in [0.25, 0.3) is 0 Å². The summed E-state index contributed by atoms with van der Waals surface area (Å²) in [6.07, 6.45) is 6.37. The van der Waals surface area contributed by atoms with Crippen LogP contribution in [0, 0.1) is 12.8 Å². The highest BCUT2D eigenvalue weighted by molar-refractivity contribution is 6.00. The third-order valence-corrected chi connectivity index (χ3v) is 5.77. The summed E-state index contributed by atoms with van der Waals surface area (Å²) in [6, 6.07) is 1.81. The summed E-state index contributed by atoms with van der Waals surface area (Å²) in [4.78, 5) is 27.6. The van der Waals surface area contributed by atoms with E-state index in [-0.39, 0.29) is 11.8 Å². The Balaban J connectivity index is 1.54. The van der Waals surface area contributed by atoms with Crippen LogP contribution in [0.5, 0.6) is 6.01 Å². The van der Waals surface area contributed by atoms with Crippen molar-refractivity contribution in [3.63, 3.8) is 0 Å². The van der Waals surface area contributed by atoms with Crippen molar-refractivity contribution in [2.24, 2.45) is 16.6 Å². The summed E-state index contributed by atoms with van der Waals surface area (Å²) >= 11 is 0. The molecule has 30 heavy (non-hydrogen) atoms. The molecule has 0 bridgehead atoms. The second kappa shape index (κ2) is 7.16. The number of carbonyl (C=O) groups is 1. The Bertz CT molecular complexity index is 1040. The number of aryl methyl sites for hydroxylation is 1. The summed E-state index contributed by atoms with van der Waals surface area (Å²) in [6.45, 7) is 3.18. The molecule has 0 aromatic carbocycles. The minimum absolute atomic E-state index is 0.277. The number of primary amides is 1. The van der Waals surface area contributed by atoms with Gasteiger partial charge in [-0.25, -0.2) is 9.98 Å². The summed E-state index contributed by atoms with van der Waals surface area (Å²) in [5.74, 6) is 0.686. The first-order chi connectivity index (χ1) is 14.5. The van der Waals surface area contributed by atoms with Gasteiger partial charge in [0.15, 0.2) is 5.84 Å². The number of rotatable bonds is 6. The third-order valence-electron chi connectivity index (χ3n) is 5.77. The highest BCUT2D eigenvalue weighted by atomic mass is 16.5. The molecule has 156 valence electrons. The predicted molar refractivity (Wildman–Crippen MR) is 109 cm³/mol. The predicted octanol–water partition coefficient (Wildman–Crippen LogP) is 1.12. The van der Waals surface area contributed by atoms with E-state index in [1.54, 1.807) is 13.4 Å². The van der Waals surface area contributed by atoms with E-state index in [0.717, 1.165) is 54.3 Å². The Hall–Kier alpha value is -3.36. The maximum absolute atomic E-state index is 12.0. The number of hydrogen-bond acceptors (Lipinski definition) is 8. The Kier molecular flexibility index (Phi) is 4.45. The molecular weight excluding hydrogens is 384 g/mol. The summed E-state index contributed by atoms with van der Waals surface area (Å²) in [7, 11) is 1.55. The van der Waals surface area contributed by atoms with Crippen molar-refractivity contribution in [3.8, 4) is 6.01 Å². The fourth-order valence-corrected chi connectivity index (χ4v) is 4.18. The van der Waals surface area contributed by atoms with Crippen LogP contribution < -0.4 is 15.8 Å². The molecule has 1 aliphatic carbocycles. The molecule has 1 aromatic heterocycles. The van der Waals surface area contributed by atoms with Crippen LogP contribution in [-0.4, -0.2) is 52.9 Å². The number of aromatic nitrogens is 2. The highest BCUT2D eigenvalue weighted by Crippen LogP contribution is 2.39. The number of hydrogen-bond donors (Lipinski definition) is 2. The van der Waals surface area contributed by atoms with Crippen molar-refractivity contribution in [2.75, 3.05) is 20.3 Å². The van der Waals surface area contributed by atoms with Crippen LogP contribution in [0.2, 0.25) is 0 Å². The lowest BCUT2D eigenvalue weighted by Crippen LogP contribution is -2.43. The number of aliphatic imine (C=N–C) groups is 1. The Morgan fingerprint density at radius 1 is 1.40 bits per heavy atom. The van der Waals surface area contributed by atoms with E-state index < -0.39 is 6.04 Å². The Labute approximate surface area is 174 Å². The fourth-order valence-electron chi connectivity index (χ4n) is 4.18. The van der Waals surface area contributed by atoms with Crippen LogP contribution in [-0.2, 0) is 9.53 Å². The van der Waals surface area contributed by atoms with E-state index >= 15 is 0 Å². The first kappa shape index (κ1) is 18.7. The lowest BCUT2D eigenvalue weighted by molar-refractivity contribution is -0.120. The molecule has 3 N–H and O–H groups in total. The standard InChI is InChI=1S/C21H24N6O3/c1-11-7-15(26-21(24-11)29-2)20-23-8-14-16(25-17(19(22)28)12-3-4-12)10-30-9-13-5-6-27(20)18(13)14/h7-8,10,12,17,25H,3-6,9H2,1-2H3,(H2,22,28). The lowest BCUT2D eigenvalue weighted by Gasteiger charge is -2.30. The van der Waals surface area contributed by atoms with Crippen molar-refractivity contribution in [2.45, 2.75) is 32.2 Å². The van der Waals surface area contributed by atoms with E-state index in [1.807, 2.05) is 19.2 Å². The molecule has 0 spiro atoms. The molecule has 5 rings (SSSR count). The second-order valence-electron chi connectivity index (χ2n) is 7.93. The van der Waals surface area contributed by atoms with Gasteiger partial charge in [0.1, 0.15) is 24.6 Å². The first-order valence-corrected chi connectivity index (χ1v) is 10.1. The third kappa shape index (κ3) is 3.20. The molecule has 4 heterocycles. The zero-order chi connectivity index (χ0) is 20.8. The van der Waals surface area contributed by atoms with Crippen molar-refractivity contribution < 1.29 is 14.3 Å². The van der Waals surface area contributed by atoms with E-state index in [9.17, 15) is 4.79 Å². The molecule has 1 amide bonds. The summed E-state index contributed by atoms with van der Waals surface area (Å²) in [5, 5.41) is 3.32. The maximum atomic E-state index is 12.0. The van der Waals surface area contributed by atoms with Crippen LogP contribution >= 0.6 is 0 Å². The number of methoxy groups -OCH3 is 1. The average Bonchev–Trinajstić information content (AvgIpc) is 3.50. The van der Waals surface area contributed by atoms with E-state index in [1.165, 1.54) is 5.57 Å². The van der Waals surface area contributed by atoms with Gasteiger partial charge in [-0.05, 0) is 43.7 Å². The maximum Gasteiger partial charge on any atom is 0.316 e. The topological polar surface area (TPSA) is 115 Å². The molecule has 1 aromatic rings. The molecule has 4 aliphatic rings. The Morgan fingerprint density at radius 3 is 2.97 bits per heavy atom. The van der Waals surface area contributed by atoms with Gasteiger partial charge >= 0.3 is 6.01 Å². The molecule has 1 unspecified atom stereocenters. The number of carbonyl (C=O) groups excluding carboxylic acids is 1. The molecule has 0 radical (unpaired) electrons. The fraction of sp³-hybridized carbons (Fsp3) is 0.429. The monoisotopic (exact) mass is 408 g/mol. The van der Waals surface area contributed by atoms with Gasteiger partial charge in [-0.15, -0.1) is 0 Å². The summed E-state index contributed by atoms with van der Waals surface area (Å²) < 4.78 is 11.0. The van der Waals surface area contributed by atoms with Crippen molar-refractivity contribution in [1.82, 2.24) is 20.2 Å². The minimum atomic E-state index is -0.406. The number of ether oxygens (including phenoxy) is 2. The van der Waals surface area contributed by atoms with Crippen LogP contribution in [0.1, 0.15) is 30.7 Å². The van der Waals surface area contributed by atoms with E-state index in [2.05, 4.69) is 20.2 Å². The second-order valence-corrected chi connectivity index (χ2v) is 7.93. The van der Waals surface area contributed by atoms with E-state index in [0.29, 0.717) is 18.3 Å². The molecule has 9 heteroatoms. The molecule has 1 fully saturated rings. The minimum Gasteiger partial charge on any atom is -0.495 e. The largest absolute Gasteiger partial charge is 0.495 e. The number of nitrogens with zero attached hydrogens (tertiary/aromatic N) is 4. The average molecular weight is 408 g/mol. The Morgan fingerprint density at radius 2 is 2.23 bits per heavy atom. The molecule has 1 atom stereocenters. The zero-order valence-corrected chi connectivity index (χ0v) is 17.0. The van der Waals surface area contributed by atoms with Crippen molar-refractivity contribution in [3.05, 3.63) is 52.5 Å². The van der Waals surface area contributed by atoms with Gasteiger partial charge in [0.05, 0.1) is 18.5 Å². The number of nitrogens with two attached hydrogens (primary N) is 1. The molecule has 1 saturated carbocycles. The highest BCUT2D eigenvalue weighted by Gasteiger charge is 2.39. The van der Waals surface area contributed by atoms with Crippen LogP contribution in [0.4, 0.5) is 0 Å². The van der Waals surface area contributed by atoms with Gasteiger partial charge in [-0.3, -0.25) is 4.79 Å². The molecule has 9 nitrogen and oxygen atoms in total. The molecule has 0 saturated heterocycles. The SMILES string of the molecule is COc1nc(C)cc(C2=NC=C3C(NC(C(N)=O)C4CC4)=COCC4=C3N2CC4)n1. The number of amides is 1. The van der Waals surface area contributed by atoms with Crippen molar-refractivity contribution in [1.29, 1.82) is 0 Å². The normalized spacial score (nSPS) is 21.0. The van der Waals surface area contributed by atoms with Gasteiger partial charge in [-0.1, -0.05) is 0 Å². The van der Waals surface area contributed by atoms with Gasteiger partial charge in [0.25, 0.3) is 0 Å². The first-order valence-electron chi connectivity index (χ1n) is 10.1. The quantitative estimate of drug-likeness (QED) is 0.725. The van der Waals surface area contributed by atoms with Gasteiger partial charge in [0.2, 0.25) is 5.91 Å².